The number of nitriles is 1. The van der Waals surface area contributed by atoms with Gasteiger partial charge in [0.15, 0.2) is 0 Å². The molecule has 0 fully saturated rings. The molecule has 44 heavy (non-hydrogen) atoms. The number of para-hydroxylation sites is 1. The maximum Gasteiger partial charge on any atom is 0.285 e. The predicted molar refractivity (Wildman–Crippen MR) is 169 cm³/mol. The van der Waals surface area contributed by atoms with E-state index in [1.165, 1.54) is 6.21 Å². The van der Waals surface area contributed by atoms with Gasteiger partial charge in [-0.2, -0.15) is 20.6 Å². The van der Waals surface area contributed by atoms with E-state index in [4.69, 9.17) is 5.10 Å². The summed E-state index contributed by atoms with van der Waals surface area (Å²) in [4.78, 5) is 26.4. The van der Waals surface area contributed by atoms with E-state index in [0.29, 0.717) is 33.6 Å². The van der Waals surface area contributed by atoms with E-state index < -0.39 is 18.0 Å². The van der Waals surface area contributed by atoms with E-state index in [9.17, 15) is 14.9 Å². The van der Waals surface area contributed by atoms with Crippen molar-refractivity contribution in [1.29, 1.82) is 5.26 Å². The number of carbonyl (C=O) groups is 1. The van der Waals surface area contributed by atoms with Crippen LogP contribution in [0.1, 0.15) is 11.1 Å². The molecule has 0 aliphatic rings. The van der Waals surface area contributed by atoms with Crippen molar-refractivity contribution in [3.63, 3.8) is 0 Å². The molecule has 0 saturated heterocycles. The van der Waals surface area contributed by atoms with Crippen LogP contribution >= 0.6 is 0 Å². The lowest BCUT2D eigenvalue weighted by molar-refractivity contribution is -0.121. The molecule has 0 saturated carbocycles. The van der Waals surface area contributed by atoms with E-state index in [-0.39, 0.29) is 5.56 Å². The Labute approximate surface area is 253 Å². The van der Waals surface area contributed by atoms with E-state index in [1.54, 1.807) is 4.68 Å². The van der Waals surface area contributed by atoms with E-state index in [2.05, 4.69) is 15.6 Å². The highest BCUT2D eigenvalue weighted by Crippen LogP contribution is 2.31. The Bertz CT molecular complexity index is 2050. The minimum absolute atomic E-state index is 0.0952. The highest BCUT2D eigenvalue weighted by Gasteiger charge is 2.21. The number of rotatable bonds is 8. The van der Waals surface area contributed by atoms with Crippen molar-refractivity contribution in [2.45, 2.75) is 6.54 Å². The topological polar surface area (TPSA) is 118 Å². The molecular weight excluding hydrogens is 550 g/mol. The van der Waals surface area contributed by atoms with Crippen molar-refractivity contribution >= 4 is 12.1 Å². The number of hydrazone groups is 1. The molecule has 6 aromatic rings. The number of aromatic nitrogens is 4. The number of nitrogens with zero attached hydrogens (tertiary/aromatic N) is 6. The number of nitrogens with one attached hydrogen (secondary N) is 1. The first kappa shape index (κ1) is 27.8. The molecular formula is C35H25N7O2. The largest absolute Gasteiger partial charge is 0.285 e. The highest BCUT2D eigenvalue weighted by molar-refractivity contribution is 5.90. The van der Waals surface area contributed by atoms with Crippen molar-refractivity contribution in [1.82, 2.24) is 25.0 Å². The zero-order chi connectivity index (χ0) is 30.3. The third-order valence-corrected chi connectivity index (χ3v) is 6.87. The van der Waals surface area contributed by atoms with Crippen molar-refractivity contribution in [3.05, 3.63) is 149 Å². The Morgan fingerprint density at radius 2 is 1.32 bits per heavy atom. The van der Waals surface area contributed by atoms with E-state index >= 15 is 0 Å². The normalized spacial score (nSPS) is 10.9. The van der Waals surface area contributed by atoms with Gasteiger partial charge in [-0.25, -0.2) is 14.8 Å². The second-order valence-corrected chi connectivity index (χ2v) is 9.78. The zero-order valence-corrected chi connectivity index (χ0v) is 23.4. The van der Waals surface area contributed by atoms with Gasteiger partial charge in [0.2, 0.25) is 0 Å². The molecule has 2 aromatic heterocycles. The van der Waals surface area contributed by atoms with Crippen LogP contribution in [0, 0.1) is 11.3 Å². The zero-order valence-electron chi connectivity index (χ0n) is 23.4. The highest BCUT2D eigenvalue weighted by atomic mass is 16.2. The lowest BCUT2D eigenvalue weighted by atomic mass is 9.96. The molecule has 9 nitrogen and oxygen atoms in total. The van der Waals surface area contributed by atoms with Crippen LogP contribution in [-0.4, -0.2) is 31.7 Å². The molecule has 0 spiro atoms. The minimum atomic E-state index is -0.666. The van der Waals surface area contributed by atoms with Gasteiger partial charge in [0, 0.05) is 28.5 Å². The summed E-state index contributed by atoms with van der Waals surface area (Å²) in [5.74, 6) is -0.581. The first-order valence-electron chi connectivity index (χ1n) is 13.8. The monoisotopic (exact) mass is 575 g/mol. The molecule has 1 N–H and O–H groups in total. The summed E-state index contributed by atoms with van der Waals surface area (Å²) in [7, 11) is 0. The van der Waals surface area contributed by atoms with E-state index in [1.807, 2.05) is 134 Å². The van der Waals surface area contributed by atoms with Crippen LogP contribution < -0.4 is 11.0 Å². The second-order valence-electron chi connectivity index (χ2n) is 9.78. The quantitative estimate of drug-likeness (QED) is 0.191. The molecule has 4 aromatic carbocycles. The van der Waals surface area contributed by atoms with Gasteiger partial charge in [0.1, 0.15) is 29.6 Å². The number of carbonyl (C=O) groups excluding carboxylic acids is 1. The Morgan fingerprint density at radius 3 is 1.91 bits per heavy atom. The standard InChI is InChI=1S/C35H25N7O2/c36-21-30-32(25-13-5-1-6-14-25)34(27-17-9-3-10-18-27)40-42(35(30)44)24-31(43)38-37-22-28-23-41(29-19-11-4-12-20-29)39-33(28)26-15-7-2-8-16-26/h1-20,22-23H,24H2,(H,38,43)/b37-22-. The Morgan fingerprint density at radius 1 is 0.773 bits per heavy atom. The van der Waals surface area contributed by atoms with Crippen molar-refractivity contribution in [2.75, 3.05) is 0 Å². The fourth-order valence-corrected chi connectivity index (χ4v) is 4.83. The van der Waals surface area contributed by atoms with E-state index in [0.717, 1.165) is 15.9 Å². The van der Waals surface area contributed by atoms with Crippen LogP contribution in [0.5, 0.6) is 0 Å². The molecule has 9 heteroatoms. The molecule has 1 amide bonds. The van der Waals surface area contributed by atoms with Crippen LogP contribution in [-0.2, 0) is 11.3 Å². The van der Waals surface area contributed by atoms with Gasteiger partial charge in [-0.05, 0) is 17.7 Å². The summed E-state index contributed by atoms with van der Waals surface area (Å²) < 4.78 is 2.75. The number of hydrogen-bond donors (Lipinski definition) is 1. The molecule has 2 heterocycles. The Kier molecular flexibility index (Phi) is 7.97. The first-order valence-corrected chi connectivity index (χ1v) is 13.8. The van der Waals surface area contributed by atoms with Gasteiger partial charge in [-0.1, -0.05) is 109 Å². The second kappa shape index (κ2) is 12.6. The minimum Gasteiger partial charge on any atom is -0.271 e. The third-order valence-electron chi connectivity index (χ3n) is 6.87. The molecule has 0 aliphatic heterocycles. The summed E-state index contributed by atoms with van der Waals surface area (Å²) in [5.41, 5.74) is 7.09. The average molecular weight is 576 g/mol. The lowest BCUT2D eigenvalue weighted by Gasteiger charge is -2.14. The maximum atomic E-state index is 13.4. The summed E-state index contributed by atoms with van der Waals surface area (Å²) in [6.07, 6.45) is 3.34. The molecule has 0 radical (unpaired) electrons. The van der Waals surface area contributed by atoms with Crippen molar-refractivity contribution in [2.24, 2.45) is 5.10 Å². The summed E-state index contributed by atoms with van der Waals surface area (Å²) >= 11 is 0. The van der Waals surface area contributed by atoms with Crippen LogP contribution in [0.2, 0.25) is 0 Å². The van der Waals surface area contributed by atoms with Gasteiger partial charge < -0.3 is 0 Å². The first-order chi connectivity index (χ1) is 21.6. The molecule has 212 valence electrons. The third kappa shape index (κ3) is 5.82. The van der Waals surface area contributed by atoms with Crippen LogP contribution in [0.4, 0.5) is 0 Å². The molecule has 0 bridgehead atoms. The van der Waals surface area contributed by atoms with Crippen LogP contribution in [0.25, 0.3) is 39.3 Å². The SMILES string of the molecule is N#Cc1c(-c2ccccc2)c(-c2ccccc2)nn(CC(=O)N/N=C\c2cn(-c3ccccc3)nc2-c2ccccc2)c1=O. The number of hydrogen-bond acceptors (Lipinski definition) is 6. The Hall–Kier alpha value is -6.40. The van der Waals surface area contributed by atoms with Gasteiger partial charge in [0.05, 0.1) is 11.9 Å². The van der Waals surface area contributed by atoms with Gasteiger partial charge in [-0.15, -0.1) is 0 Å². The van der Waals surface area contributed by atoms with Crippen LogP contribution in [0.15, 0.2) is 137 Å². The fraction of sp³-hybridized carbons (Fsp3) is 0.0286. The summed E-state index contributed by atoms with van der Waals surface area (Å²) in [6.45, 7) is -0.436. The lowest BCUT2D eigenvalue weighted by Crippen LogP contribution is -2.33. The molecule has 0 unspecified atom stereocenters. The Balaban J connectivity index is 1.30. The van der Waals surface area contributed by atoms with Gasteiger partial charge in [0.25, 0.3) is 11.5 Å². The molecule has 0 atom stereocenters. The molecule has 6 rings (SSSR count). The van der Waals surface area contributed by atoms with Gasteiger partial charge in [-0.3, -0.25) is 9.59 Å². The summed E-state index contributed by atoms with van der Waals surface area (Å²) in [6, 6.07) is 39.8. The van der Waals surface area contributed by atoms with Gasteiger partial charge >= 0.3 is 0 Å². The average Bonchev–Trinajstić information content (AvgIpc) is 3.51. The van der Waals surface area contributed by atoms with Crippen molar-refractivity contribution in [3.8, 4) is 45.4 Å². The predicted octanol–water partition coefficient (Wildman–Crippen LogP) is 5.45. The summed E-state index contributed by atoms with van der Waals surface area (Å²) in [5, 5.41) is 23.5. The fourth-order valence-electron chi connectivity index (χ4n) is 4.83. The van der Waals surface area contributed by atoms with Crippen LogP contribution in [0.3, 0.4) is 0 Å². The number of benzene rings is 4. The smallest absolute Gasteiger partial charge is 0.271 e. The molecule has 0 aliphatic carbocycles. The maximum absolute atomic E-state index is 13.4. The number of amides is 1. The van der Waals surface area contributed by atoms with Crippen molar-refractivity contribution < 1.29 is 4.79 Å².